The lowest BCUT2D eigenvalue weighted by molar-refractivity contribution is 0.578. The number of nitrogens with zero attached hydrogens (tertiary/aromatic N) is 1. The van der Waals surface area contributed by atoms with Gasteiger partial charge in [-0.05, 0) is 37.8 Å². The molecule has 19 heavy (non-hydrogen) atoms. The summed E-state index contributed by atoms with van der Waals surface area (Å²) in [6, 6.07) is 3.05. The van der Waals surface area contributed by atoms with Crippen LogP contribution in [0.15, 0.2) is 23.2 Å². The van der Waals surface area contributed by atoms with Crippen molar-refractivity contribution in [3.05, 3.63) is 18.3 Å². The number of aromatic nitrogens is 1. The number of sulfonamides is 1. The summed E-state index contributed by atoms with van der Waals surface area (Å²) < 4.78 is 26.7. The van der Waals surface area contributed by atoms with Gasteiger partial charge >= 0.3 is 0 Å². The predicted molar refractivity (Wildman–Crippen MR) is 81.2 cm³/mol. The summed E-state index contributed by atoms with van der Waals surface area (Å²) in [6.45, 7) is 3.12. The number of pyridine rings is 1. The van der Waals surface area contributed by atoms with E-state index < -0.39 is 10.0 Å². The smallest absolute Gasteiger partial charge is 0.240 e. The standard InChI is InChI=1S/C12H21N3O2S2/c1-3-13-12-10-11(6-8-14-12)19(16,17)15-7-4-5-9-18-2/h6,8,10,15H,3-5,7,9H2,1-2H3,(H,13,14). The molecule has 0 aliphatic carbocycles. The Labute approximate surface area is 119 Å². The summed E-state index contributed by atoms with van der Waals surface area (Å²) in [4.78, 5) is 4.31. The number of thioether (sulfide) groups is 1. The molecule has 1 aromatic rings. The van der Waals surface area contributed by atoms with Crippen molar-refractivity contribution in [2.75, 3.05) is 30.4 Å². The van der Waals surface area contributed by atoms with Crippen molar-refractivity contribution in [3.63, 3.8) is 0 Å². The Morgan fingerprint density at radius 2 is 2.16 bits per heavy atom. The SMILES string of the molecule is CCNc1cc(S(=O)(=O)NCCCCSC)ccn1. The van der Waals surface area contributed by atoms with Gasteiger partial charge in [0.2, 0.25) is 10.0 Å². The van der Waals surface area contributed by atoms with E-state index in [0.29, 0.717) is 18.9 Å². The van der Waals surface area contributed by atoms with E-state index in [-0.39, 0.29) is 4.90 Å². The van der Waals surface area contributed by atoms with Gasteiger partial charge in [-0.1, -0.05) is 0 Å². The van der Waals surface area contributed by atoms with Gasteiger partial charge in [-0.25, -0.2) is 18.1 Å². The number of unbranched alkanes of at least 4 members (excludes halogenated alkanes) is 1. The van der Waals surface area contributed by atoms with E-state index in [1.165, 1.54) is 12.3 Å². The molecule has 5 nitrogen and oxygen atoms in total. The number of hydrogen-bond acceptors (Lipinski definition) is 5. The maximum absolute atomic E-state index is 12.0. The molecule has 0 saturated carbocycles. The Morgan fingerprint density at radius 3 is 2.84 bits per heavy atom. The van der Waals surface area contributed by atoms with Gasteiger partial charge < -0.3 is 5.32 Å². The molecule has 2 N–H and O–H groups in total. The fourth-order valence-electron chi connectivity index (χ4n) is 1.52. The minimum Gasteiger partial charge on any atom is -0.370 e. The van der Waals surface area contributed by atoms with Crippen molar-refractivity contribution in [2.24, 2.45) is 0 Å². The fraction of sp³-hybridized carbons (Fsp3) is 0.583. The molecule has 0 aliphatic heterocycles. The highest BCUT2D eigenvalue weighted by molar-refractivity contribution is 7.98. The first-order chi connectivity index (χ1) is 9.10. The van der Waals surface area contributed by atoms with Gasteiger partial charge in [0, 0.05) is 25.4 Å². The zero-order valence-electron chi connectivity index (χ0n) is 11.3. The molecule has 0 saturated heterocycles. The molecule has 0 aliphatic rings. The maximum atomic E-state index is 12.0. The van der Waals surface area contributed by atoms with Crippen molar-refractivity contribution < 1.29 is 8.42 Å². The van der Waals surface area contributed by atoms with Gasteiger partial charge in [0.15, 0.2) is 0 Å². The van der Waals surface area contributed by atoms with Crippen LogP contribution in [-0.2, 0) is 10.0 Å². The van der Waals surface area contributed by atoms with Crippen LogP contribution in [0.5, 0.6) is 0 Å². The molecule has 108 valence electrons. The highest BCUT2D eigenvalue weighted by atomic mass is 32.2. The van der Waals surface area contributed by atoms with E-state index >= 15 is 0 Å². The highest BCUT2D eigenvalue weighted by Crippen LogP contribution is 2.12. The molecule has 0 spiro atoms. The molecule has 0 radical (unpaired) electrons. The maximum Gasteiger partial charge on any atom is 0.240 e. The summed E-state index contributed by atoms with van der Waals surface area (Å²) >= 11 is 1.77. The van der Waals surface area contributed by atoms with Crippen LogP contribution in [0.1, 0.15) is 19.8 Å². The quantitative estimate of drug-likeness (QED) is 0.682. The molecule has 0 atom stereocenters. The number of nitrogens with one attached hydrogen (secondary N) is 2. The van der Waals surface area contributed by atoms with Gasteiger partial charge in [-0.15, -0.1) is 0 Å². The Balaban J connectivity index is 2.58. The van der Waals surface area contributed by atoms with E-state index in [2.05, 4.69) is 15.0 Å². The van der Waals surface area contributed by atoms with E-state index in [4.69, 9.17) is 0 Å². The van der Waals surface area contributed by atoms with Crippen LogP contribution in [0.2, 0.25) is 0 Å². The van der Waals surface area contributed by atoms with Crippen LogP contribution < -0.4 is 10.0 Å². The van der Waals surface area contributed by atoms with E-state index in [1.807, 2.05) is 13.2 Å². The molecular formula is C12H21N3O2S2. The van der Waals surface area contributed by atoms with Crippen molar-refractivity contribution >= 4 is 27.6 Å². The summed E-state index contributed by atoms with van der Waals surface area (Å²) in [5.74, 6) is 1.63. The molecule has 1 heterocycles. The van der Waals surface area contributed by atoms with Crippen LogP contribution in [0.4, 0.5) is 5.82 Å². The van der Waals surface area contributed by atoms with E-state index in [1.54, 1.807) is 17.8 Å². The Morgan fingerprint density at radius 1 is 1.37 bits per heavy atom. The van der Waals surface area contributed by atoms with Crippen LogP contribution in [-0.4, -0.2) is 38.5 Å². The molecule has 1 rings (SSSR count). The highest BCUT2D eigenvalue weighted by Gasteiger charge is 2.13. The molecule has 0 fully saturated rings. The molecule has 0 aromatic carbocycles. The monoisotopic (exact) mass is 303 g/mol. The second kappa shape index (κ2) is 8.39. The van der Waals surface area contributed by atoms with Crippen molar-refractivity contribution in [1.82, 2.24) is 9.71 Å². The summed E-state index contributed by atoms with van der Waals surface area (Å²) in [7, 11) is -3.43. The largest absolute Gasteiger partial charge is 0.370 e. The van der Waals surface area contributed by atoms with Crippen LogP contribution >= 0.6 is 11.8 Å². The molecule has 7 heteroatoms. The Bertz CT molecular complexity index is 478. The Hall–Kier alpha value is -0.790. The van der Waals surface area contributed by atoms with Gasteiger partial charge in [-0.2, -0.15) is 11.8 Å². The molecule has 0 unspecified atom stereocenters. The molecular weight excluding hydrogens is 282 g/mol. The van der Waals surface area contributed by atoms with Gasteiger partial charge in [0.25, 0.3) is 0 Å². The van der Waals surface area contributed by atoms with Crippen molar-refractivity contribution in [2.45, 2.75) is 24.7 Å². The number of hydrogen-bond donors (Lipinski definition) is 2. The van der Waals surface area contributed by atoms with Crippen LogP contribution in [0.3, 0.4) is 0 Å². The van der Waals surface area contributed by atoms with E-state index in [0.717, 1.165) is 18.6 Å². The molecule has 0 bridgehead atoms. The zero-order chi connectivity index (χ0) is 14.1. The first-order valence-electron chi connectivity index (χ1n) is 6.28. The van der Waals surface area contributed by atoms with Crippen LogP contribution in [0.25, 0.3) is 0 Å². The normalized spacial score (nSPS) is 11.5. The van der Waals surface area contributed by atoms with Gasteiger partial charge in [0.05, 0.1) is 4.90 Å². The van der Waals surface area contributed by atoms with E-state index in [9.17, 15) is 8.42 Å². The van der Waals surface area contributed by atoms with Gasteiger partial charge in [-0.3, -0.25) is 0 Å². The minimum absolute atomic E-state index is 0.253. The second-order valence-electron chi connectivity index (χ2n) is 4.00. The fourth-order valence-corrected chi connectivity index (χ4v) is 3.10. The third-order valence-corrected chi connectivity index (χ3v) is 4.62. The number of anilines is 1. The van der Waals surface area contributed by atoms with Crippen molar-refractivity contribution in [1.29, 1.82) is 0 Å². The Kier molecular flexibility index (Phi) is 7.19. The third-order valence-electron chi connectivity index (χ3n) is 2.47. The lowest BCUT2D eigenvalue weighted by Crippen LogP contribution is -2.25. The summed E-state index contributed by atoms with van der Waals surface area (Å²) in [5.41, 5.74) is 0. The van der Waals surface area contributed by atoms with Gasteiger partial charge in [0.1, 0.15) is 5.82 Å². The lowest BCUT2D eigenvalue weighted by atomic mass is 10.3. The number of rotatable bonds is 9. The average Bonchev–Trinajstić information content (AvgIpc) is 2.39. The minimum atomic E-state index is -3.43. The second-order valence-corrected chi connectivity index (χ2v) is 6.76. The van der Waals surface area contributed by atoms with Crippen molar-refractivity contribution in [3.8, 4) is 0 Å². The lowest BCUT2D eigenvalue weighted by Gasteiger charge is -2.08. The first kappa shape index (κ1) is 16.3. The van der Waals surface area contributed by atoms with Crippen LogP contribution in [0, 0.1) is 0 Å². The first-order valence-corrected chi connectivity index (χ1v) is 9.16. The summed E-state index contributed by atoms with van der Waals surface area (Å²) in [5, 5.41) is 3.00. The zero-order valence-corrected chi connectivity index (χ0v) is 13.0. The average molecular weight is 303 g/mol. The topological polar surface area (TPSA) is 71.1 Å². The summed E-state index contributed by atoms with van der Waals surface area (Å²) in [6.07, 6.45) is 5.41. The molecule has 0 amide bonds. The third kappa shape index (κ3) is 5.80. The molecule has 1 aromatic heterocycles. The predicted octanol–water partition coefficient (Wildman–Crippen LogP) is 1.93.